The van der Waals surface area contributed by atoms with Crippen molar-refractivity contribution < 1.29 is 22.5 Å². The molecule has 0 amide bonds. The molecule has 0 aliphatic rings. The molecule has 138 valence electrons. The fourth-order valence-corrected chi connectivity index (χ4v) is 2.58. The Morgan fingerprint density at radius 1 is 0.889 bits per heavy atom. The molecule has 0 radical (unpaired) electrons. The third-order valence-electron chi connectivity index (χ3n) is 4.09. The molecule has 27 heavy (non-hydrogen) atoms. The van der Waals surface area contributed by atoms with Gasteiger partial charge in [0.05, 0.1) is 5.56 Å². The van der Waals surface area contributed by atoms with Gasteiger partial charge >= 0.3 is 6.18 Å². The lowest BCUT2D eigenvalue weighted by Crippen LogP contribution is -2.37. The van der Waals surface area contributed by atoms with Crippen LogP contribution < -0.4 is 9.88 Å². The lowest BCUT2D eigenvalue weighted by molar-refractivity contribution is -0.683. The van der Waals surface area contributed by atoms with Crippen molar-refractivity contribution in [1.82, 2.24) is 0 Å². The molecule has 3 aromatic rings. The molecule has 0 aliphatic heterocycles. The van der Waals surface area contributed by atoms with E-state index < -0.39 is 11.7 Å². The number of aromatic nitrogens is 1. The summed E-state index contributed by atoms with van der Waals surface area (Å²) in [6.45, 7) is 0.750. The highest BCUT2D eigenvalue weighted by atomic mass is 19.4. The van der Waals surface area contributed by atoms with Gasteiger partial charge in [-0.1, -0.05) is 42.5 Å². The molecule has 1 aromatic heterocycles. The number of ketones is 1. The van der Waals surface area contributed by atoms with Gasteiger partial charge in [0.15, 0.2) is 12.4 Å². The largest absolute Gasteiger partial charge is 0.416 e. The lowest BCUT2D eigenvalue weighted by Gasteiger charge is -2.07. The van der Waals surface area contributed by atoms with E-state index >= 15 is 0 Å². The van der Waals surface area contributed by atoms with E-state index in [0.717, 1.165) is 23.4 Å². The van der Waals surface area contributed by atoms with E-state index in [-0.39, 0.29) is 17.9 Å². The molecule has 0 atom stereocenters. The highest BCUT2D eigenvalue weighted by Crippen LogP contribution is 2.29. The molecule has 3 rings (SSSR count). The fraction of sp³-hybridized carbons (Fsp3) is 0.143. The Kier molecular flexibility index (Phi) is 5.54. The second kappa shape index (κ2) is 8.03. The topological polar surface area (TPSA) is 33.0 Å². The minimum Gasteiger partial charge on any atom is -0.381 e. The average Bonchev–Trinajstić information content (AvgIpc) is 2.68. The van der Waals surface area contributed by atoms with Crippen molar-refractivity contribution in [3.05, 3.63) is 95.8 Å². The molecule has 0 bridgehead atoms. The second-order valence-corrected chi connectivity index (χ2v) is 6.10. The van der Waals surface area contributed by atoms with E-state index in [9.17, 15) is 18.0 Å². The van der Waals surface area contributed by atoms with Crippen LogP contribution in [0, 0.1) is 0 Å². The smallest absolute Gasteiger partial charge is 0.381 e. The summed E-state index contributed by atoms with van der Waals surface area (Å²) < 4.78 is 39.4. The maximum atomic E-state index is 12.6. The van der Waals surface area contributed by atoms with Crippen molar-refractivity contribution in [3.63, 3.8) is 0 Å². The van der Waals surface area contributed by atoms with Crippen LogP contribution in [0.3, 0.4) is 0 Å². The summed E-state index contributed by atoms with van der Waals surface area (Å²) in [5.41, 5.74) is 1.56. The number of anilines is 1. The molecule has 1 heterocycles. The minimum absolute atomic E-state index is 0.0599. The number of Topliss-reactive ketones (excluding diaryl/α,β-unsaturated/α-hetero) is 1. The molecule has 0 saturated carbocycles. The number of hydrogen-bond donors (Lipinski definition) is 1. The van der Waals surface area contributed by atoms with E-state index in [1.54, 1.807) is 17.0 Å². The highest BCUT2D eigenvalue weighted by molar-refractivity contribution is 5.95. The second-order valence-electron chi connectivity index (χ2n) is 6.10. The van der Waals surface area contributed by atoms with Gasteiger partial charge in [0, 0.05) is 29.9 Å². The first-order valence-electron chi connectivity index (χ1n) is 8.39. The minimum atomic E-state index is -4.40. The summed E-state index contributed by atoms with van der Waals surface area (Å²) in [5.74, 6) is -0.251. The normalized spacial score (nSPS) is 11.2. The first-order chi connectivity index (χ1) is 12.9. The monoisotopic (exact) mass is 371 g/mol. The van der Waals surface area contributed by atoms with E-state index in [4.69, 9.17) is 0 Å². The van der Waals surface area contributed by atoms with Crippen LogP contribution in [0.4, 0.5) is 18.9 Å². The Balaban J connectivity index is 1.58. The zero-order valence-electron chi connectivity index (χ0n) is 14.4. The maximum Gasteiger partial charge on any atom is 0.416 e. The molecule has 3 nitrogen and oxygen atoms in total. The summed E-state index contributed by atoms with van der Waals surface area (Å²) >= 11 is 0. The Hall–Kier alpha value is -3.15. The number of alkyl halides is 3. The molecule has 2 aromatic carbocycles. The Labute approximate surface area is 155 Å². The van der Waals surface area contributed by atoms with Crippen LogP contribution in [0.5, 0.6) is 0 Å². The number of halogens is 3. The Bertz CT molecular complexity index is 889. The van der Waals surface area contributed by atoms with Gasteiger partial charge < -0.3 is 5.32 Å². The zero-order chi connectivity index (χ0) is 19.3. The third kappa shape index (κ3) is 5.17. The van der Waals surface area contributed by atoms with Crippen LogP contribution >= 0.6 is 0 Å². The predicted octanol–water partition coefficient (Wildman–Crippen LogP) is 4.49. The number of carbonyl (C=O) groups excluding carboxylic acids is 1. The number of nitrogens with one attached hydrogen (secondary N) is 1. The first-order valence-corrected chi connectivity index (χ1v) is 8.39. The van der Waals surface area contributed by atoms with Crippen LogP contribution in [0.2, 0.25) is 0 Å². The van der Waals surface area contributed by atoms with Crippen LogP contribution in [0.25, 0.3) is 0 Å². The molecule has 6 heteroatoms. The van der Waals surface area contributed by atoms with E-state index in [1.807, 2.05) is 42.5 Å². The molecule has 0 aliphatic carbocycles. The summed E-state index contributed by atoms with van der Waals surface area (Å²) in [4.78, 5) is 12.3. The summed E-state index contributed by atoms with van der Waals surface area (Å²) in [6.07, 6.45) is -0.885. The van der Waals surface area contributed by atoms with E-state index in [0.29, 0.717) is 6.54 Å². The molecule has 0 fully saturated rings. The van der Waals surface area contributed by atoms with Gasteiger partial charge in [-0.15, -0.1) is 0 Å². The van der Waals surface area contributed by atoms with Crippen molar-refractivity contribution in [1.29, 1.82) is 0 Å². The maximum absolute atomic E-state index is 12.6. The molecule has 0 saturated heterocycles. The molecule has 1 N–H and O–H groups in total. The Morgan fingerprint density at radius 2 is 1.52 bits per heavy atom. The van der Waals surface area contributed by atoms with Gasteiger partial charge in [-0.05, 0) is 17.7 Å². The van der Waals surface area contributed by atoms with Gasteiger partial charge in [-0.25, -0.2) is 0 Å². The first kappa shape index (κ1) is 18.6. The summed E-state index contributed by atoms with van der Waals surface area (Å²) in [5, 5.41) is 3.29. The molecular formula is C21H18F3N2O+. The van der Waals surface area contributed by atoms with Crippen molar-refractivity contribution in [3.8, 4) is 0 Å². The molecule has 0 spiro atoms. The number of carbonyl (C=O) groups is 1. The Morgan fingerprint density at radius 3 is 2.11 bits per heavy atom. The zero-order valence-corrected chi connectivity index (χ0v) is 14.4. The van der Waals surface area contributed by atoms with Gasteiger partial charge in [-0.2, -0.15) is 17.7 Å². The number of pyridine rings is 1. The average molecular weight is 371 g/mol. The van der Waals surface area contributed by atoms with Gasteiger partial charge in [0.2, 0.25) is 12.3 Å². The van der Waals surface area contributed by atoms with Gasteiger partial charge in [0.25, 0.3) is 0 Å². The quantitative estimate of drug-likeness (QED) is 0.512. The van der Waals surface area contributed by atoms with Crippen molar-refractivity contribution >= 4 is 11.5 Å². The van der Waals surface area contributed by atoms with E-state index in [2.05, 4.69) is 5.32 Å². The van der Waals surface area contributed by atoms with Crippen molar-refractivity contribution in [2.24, 2.45) is 0 Å². The summed E-state index contributed by atoms with van der Waals surface area (Å²) in [6, 6.07) is 17.9. The van der Waals surface area contributed by atoms with Gasteiger partial charge in [0.1, 0.15) is 0 Å². The third-order valence-corrected chi connectivity index (χ3v) is 4.09. The number of benzene rings is 2. The van der Waals surface area contributed by atoms with Crippen LogP contribution in [0.15, 0.2) is 79.1 Å². The van der Waals surface area contributed by atoms with E-state index in [1.165, 1.54) is 12.1 Å². The van der Waals surface area contributed by atoms with Gasteiger partial charge in [-0.3, -0.25) is 4.79 Å². The number of rotatable bonds is 6. The van der Waals surface area contributed by atoms with Crippen LogP contribution in [0.1, 0.15) is 21.5 Å². The molecular weight excluding hydrogens is 353 g/mol. The SMILES string of the molecule is O=C(C[n+]1ccc(NCc2ccccc2)cc1)c1ccc(C(F)(F)F)cc1. The number of hydrogen-bond acceptors (Lipinski definition) is 2. The van der Waals surface area contributed by atoms with Crippen LogP contribution in [-0.2, 0) is 19.3 Å². The standard InChI is InChI=1S/C21H17F3N2O/c22-21(23,24)18-8-6-17(7-9-18)20(27)15-26-12-10-19(11-13-26)25-14-16-4-2-1-3-5-16/h1-13H,14-15H2/p+1. The fourth-order valence-electron chi connectivity index (χ4n) is 2.58. The number of nitrogens with zero attached hydrogens (tertiary/aromatic N) is 1. The van der Waals surface area contributed by atoms with Crippen LogP contribution in [-0.4, -0.2) is 5.78 Å². The highest BCUT2D eigenvalue weighted by Gasteiger charge is 2.30. The lowest BCUT2D eigenvalue weighted by atomic mass is 10.1. The van der Waals surface area contributed by atoms with Crippen molar-refractivity contribution in [2.45, 2.75) is 19.3 Å². The summed E-state index contributed by atoms with van der Waals surface area (Å²) in [7, 11) is 0. The van der Waals surface area contributed by atoms with Crippen molar-refractivity contribution in [2.75, 3.05) is 5.32 Å². The molecule has 0 unspecified atom stereocenters. The predicted molar refractivity (Wildman–Crippen MR) is 96.2 cm³/mol.